The molecule has 2 rings (SSSR count). The third-order valence-electron chi connectivity index (χ3n) is 4.31. The Bertz CT molecular complexity index is 506. The van der Waals surface area contributed by atoms with Gasteiger partial charge < -0.3 is 15.4 Å². The van der Waals surface area contributed by atoms with Crippen LogP contribution in [0.3, 0.4) is 0 Å². The van der Waals surface area contributed by atoms with E-state index >= 15 is 0 Å². The molecule has 2 aliphatic rings. The normalized spacial score (nSPS) is 32.4. The molecule has 2 fully saturated rings. The summed E-state index contributed by atoms with van der Waals surface area (Å²) in [7, 11) is -2.99. The van der Waals surface area contributed by atoms with Gasteiger partial charge in [-0.2, -0.15) is 0 Å². The first-order chi connectivity index (χ1) is 10.0. The van der Waals surface area contributed by atoms with Crippen molar-refractivity contribution in [3.8, 4) is 0 Å². The van der Waals surface area contributed by atoms with Gasteiger partial charge in [0.15, 0.2) is 9.84 Å². The average Bonchev–Trinajstić information content (AvgIpc) is 2.71. The van der Waals surface area contributed by atoms with Crippen LogP contribution < -0.4 is 10.6 Å². The maximum Gasteiger partial charge on any atom is 0.407 e. The molecule has 1 amide bonds. The van der Waals surface area contributed by atoms with Crippen molar-refractivity contribution in [1.29, 1.82) is 0 Å². The molecule has 128 valence electrons. The van der Waals surface area contributed by atoms with Crippen LogP contribution in [0.25, 0.3) is 0 Å². The van der Waals surface area contributed by atoms with Crippen LogP contribution in [0.1, 0.15) is 52.9 Å². The van der Waals surface area contributed by atoms with Crippen LogP contribution in [0.15, 0.2) is 0 Å². The zero-order valence-electron chi connectivity index (χ0n) is 13.9. The number of hydrogen-bond acceptors (Lipinski definition) is 5. The predicted molar refractivity (Wildman–Crippen MR) is 85.6 cm³/mol. The number of alkyl carbamates (subject to hydrolysis) is 1. The smallest absolute Gasteiger partial charge is 0.407 e. The molecular formula is C15H28N2O4S. The van der Waals surface area contributed by atoms with Crippen LogP contribution >= 0.6 is 0 Å². The van der Waals surface area contributed by atoms with Gasteiger partial charge in [0.1, 0.15) is 5.60 Å². The third kappa shape index (κ3) is 4.84. The Morgan fingerprint density at radius 1 is 1.14 bits per heavy atom. The van der Waals surface area contributed by atoms with Crippen molar-refractivity contribution in [2.24, 2.45) is 0 Å². The Morgan fingerprint density at radius 3 is 2.32 bits per heavy atom. The topological polar surface area (TPSA) is 84.5 Å². The molecule has 2 atom stereocenters. The molecule has 0 aromatic rings. The van der Waals surface area contributed by atoms with Crippen molar-refractivity contribution in [2.75, 3.05) is 6.26 Å². The summed E-state index contributed by atoms with van der Waals surface area (Å²) in [6.07, 6.45) is 5.22. The maximum absolute atomic E-state index is 11.8. The van der Waals surface area contributed by atoms with Gasteiger partial charge in [0.05, 0.1) is 5.25 Å². The fraction of sp³-hybridized carbons (Fsp3) is 0.933. The van der Waals surface area contributed by atoms with Crippen molar-refractivity contribution < 1.29 is 17.9 Å². The first-order valence-electron chi connectivity index (χ1n) is 7.99. The van der Waals surface area contributed by atoms with E-state index in [4.69, 9.17) is 4.74 Å². The molecule has 0 radical (unpaired) electrons. The number of sulfone groups is 1. The number of hydrogen-bond donors (Lipinski definition) is 2. The number of carbonyl (C=O) groups is 1. The first-order valence-corrected chi connectivity index (χ1v) is 9.94. The highest BCUT2D eigenvalue weighted by atomic mass is 32.2. The van der Waals surface area contributed by atoms with Crippen LogP contribution in [0.2, 0.25) is 0 Å². The summed E-state index contributed by atoms with van der Waals surface area (Å²) < 4.78 is 28.7. The summed E-state index contributed by atoms with van der Waals surface area (Å²) in [5.74, 6) is 0. The van der Waals surface area contributed by atoms with E-state index in [1.165, 1.54) is 6.26 Å². The molecule has 0 aromatic carbocycles. The molecule has 0 saturated heterocycles. The predicted octanol–water partition coefficient (Wildman–Crippen LogP) is 1.60. The summed E-state index contributed by atoms with van der Waals surface area (Å²) in [4.78, 5) is 11.7. The van der Waals surface area contributed by atoms with E-state index in [9.17, 15) is 13.2 Å². The highest BCUT2D eigenvalue weighted by molar-refractivity contribution is 7.91. The van der Waals surface area contributed by atoms with Gasteiger partial charge in [0.25, 0.3) is 0 Å². The van der Waals surface area contributed by atoms with Gasteiger partial charge >= 0.3 is 6.09 Å². The minimum atomic E-state index is -2.99. The van der Waals surface area contributed by atoms with Gasteiger partial charge in [-0.3, -0.25) is 0 Å². The summed E-state index contributed by atoms with van der Waals surface area (Å²) in [5.41, 5.74) is -0.488. The number of carbonyl (C=O) groups excluding carboxylic acids is 1. The molecule has 7 heteroatoms. The van der Waals surface area contributed by atoms with Crippen LogP contribution in [0.4, 0.5) is 4.79 Å². The molecule has 0 heterocycles. The van der Waals surface area contributed by atoms with E-state index in [2.05, 4.69) is 10.6 Å². The van der Waals surface area contributed by atoms with Gasteiger partial charge in [0.2, 0.25) is 0 Å². The SMILES string of the molecule is CC(C)(C)OC(=O)NC1CC(NC2CCCC2S(C)(=O)=O)C1. The minimum absolute atomic E-state index is 0.0578. The highest BCUT2D eigenvalue weighted by Gasteiger charge is 2.39. The van der Waals surface area contributed by atoms with Crippen molar-refractivity contribution >= 4 is 15.9 Å². The van der Waals surface area contributed by atoms with Crippen molar-refractivity contribution in [3.63, 3.8) is 0 Å². The second-order valence-electron chi connectivity index (χ2n) is 7.58. The minimum Gasteiger partial charge on any atom is -0.444 e. The quantitative estimate of drug-likeness (QED) is 0.817. The summed E-state index contributed by atoms with van der Waals surface area (Å²) in [5, 5.41) is 6.04. The van der Waals surface area contributed by atoms with E-state index in [1.807, 2.05) is 20.8 Å². The fourth-order valence-electron chi connectivity index (χ4n) is 3.28. The van der Waals surface area contributed by atoms with Gasteiger partial charge in [-0.15, -0.1) is 0 Å². The maximum atomic E-state index is 11.8. The lowest BCUT2D eigenvalue weighted by Crippen LogP contribution is -2.56. The van der Waals surface area contributed by atoms with Crippen LogP contribution in [-0.2, 0) is 14.6 Å². The Kier molecular flexibility index (Phi) is 5.06. The zero-order chi connectivity index (χ0) is 16.5. The molecule has 0 bridgehead atoms. The lowest BCUT2D eigenvalue weighted by Gasteiger charge is -2.39. The van der Waals surface area contributed by atoms with E-state index in [0.29, 0.717) is 0 Å². The molecule has 0 aromatic heterocycles. The molecule has 22 heavy (non-hydrogen) atoms. The van der Waals surface area contributed by atoms with Crippen molar-refractivity contribution in [1.82, 2.24) is 10.6 Å². The van der Waals surface area contributed by atoms with Crippen LogP contribution in [-0.4, -0.2) is 49.7 Å². The van der Waals surface area contributed by atoms with Gasteiger partial charge in [-0.05, 0) is 46.5 Å². The van der Waals surface area contributed by atoms with Gasteiger partial charge in [-0.1, -0.05) is 6.42 Å². The summed E-state index contributed by atoms with van der Waals surface area (Å²) in [6, 6.07) is 0.459. The zero-order valence-corrected chi connectivity index (χ0v) is 14.7. The van der Waals surface area contributed by atoms with E-state index in [-0.39, 0.29) is 29.5 Å². The largest absolute Gasteiger partial charge is 0.444 e. The summed E-state index contributed by atoms with van der Waals surface area (Å²) >= 11 is 0. The second-order valence-corrected chi connectivity index (χ2v) is 9.85. The van der Waals surface area contributed by atoms with Gasteiger partial charge in [0, 0.05) is 24.4 Å². The van der Waals surface area contributed by atoms with Crippen molar-refractivity contribution in [2.45, 2.75) is 81.9 Å². The molecule has 6 nitrogen and oxygen atoms in total. The van der Waals surface area contributed by atoms with E-state index in [0.717, 1.165) is 32.1 Å². The third-order valence-corrected chi connectivity index (χ3v) is 5.98. The molecule has 0 aliphatic heterocycles. The molecular weight excluding hydrogens is 304 g/mol. The number of ether oxygens (including phenoxy) is 1. The van der Waals surface area contributed by atoms with E-state index in [1.54, 1.807) is 0 Å². The van der Waals surface area contributed by atoms with Crippen LogP contribution in [0.5, 0.6) is 0 Å². The standard InChI is InChI=1S/C15H28N2O4S/c1-15(2,3)21-14(18)17-11-8-10(9-11)16-12-6-5-7-13(12)22(4,19)20/h10-13,16H,5-9H2,1-4H3,(H,17,18). The first kappa shape index (κ1) is 17.5. The summed E-state index contributed by atoms with van der Waals surface area (Å²) in [6.45, 7) is 5.51. The Labute approximate surface area is 133 Å². The highest BCUT2D eigenvalue weighted by Crippen LogP contribution is 2.29. The molecule has 2 unspecified atom stereocenters. The second kappa shape index (κ2) is 6.35. The van der Waals surface area contributed by atoms with Crippen LogP contribution in [0, 0.1) is 0 Å². The lowest BCUT2D eigenvalue weighted by molar-refractivity contribution is 0.0463. The molecule has 0 spiro atoms. The Balaban J connectivity index is 1.72. The fourth-order valence-corrected chi connectivity index (χ4v) is 4.68. The lowest BCUT2D eigenvalue weighted by atomic mass is 9.86. The average molecular weight is 332 g/mol. The van der Waals surface area contributed by atoms with Gasteiger partial charge in [-0.25, -0.2) is 13.2 Å². The number of amides is 1. The van der Waals surface area contributed by atoms with Crippen molar-refractivity contribution in [3.05, 3.63) is 0 Å². The van der Waals surface area contributed by atoms with E-state index < -0.39 is 15.4 Å². The molecule has 2 aliphatic carbocycles. The number of nitrogens with one attached hydrogen (secondary N) is 2. The number of rotatable bonds is 4. The molecule has 2 N–H and O–H groups in total. The monoisotopic (exact) mass is 332 g/mol. The Hall–Kier alpha value is -0.820. The molecule has 2 saturated carbocycles. The Morgan fingerprint density at radius 2 is 1.77 bits per heavy atom.